The minimum Gasteiger partial charge on any atom is -0.357 e. The molecule has 154 valence electrons. The third-order valence-corrected chi connectivity index (χ3v) is 5.13. The van der Waals surface area contributed by atoms with Crippen LogP contribution in [0.25, 0.3) is 0 Å². The molecule has 0 aliphatic heterocycles. The van der Waals surface area contributed by atoms with Crippen molar-refractivity contribution < 1.29 is 4.79 Å². The molecule has 0 radical (unpaired) electrons. The third-order valence-electron chi connectivity index (χ3n) is 4.00. The molecule has 0 saturated heterocycles. The summed E-state index contributed by atoms with van der Waals surface area (Å²) in [6.07, 6.45) is 0.833. The van der Waals surface area contributed by atoms with E-state index in [9.17, 15) is 4.79 Å². The lowest BCUT2D eigenvalue weighted by Crippen LogP contribution is -2.41. The molecule has 0 atom stereocenters. The lowest BCUT2D eigenvalue weighted by atomic mass is 10.1. The molecule has 2 aromatic rings. The Morgan fingerprint density at radius 3 is 2.54 bits per heavy atom. The van der Waals surface area contributed by atoms with Gasteiger partial charge < -0.3 is 16.0 Å². The number of nitrogens with zero attached hydrogens (tertiary/aromatic N) is 2. The van der Waals surface area contributed by atoms with Crippen LogP contribution >= 0.6 is 35.3 Å². The lowest BCUT2D eigenvalue weighted by Gasteiger charge is -2.12. The van der Waals surface area contributed by atoms with Gasteiger partial charge in [0.2, 0.25) is 0 Å². The average Bonchev–Trinajstić information content (AvgIpc) is 2.96. The van der Waals surface area contributed by atoms with Crippen LogP contribution in [0.5, 0.6) is 0 Å². The zero-order valence-electron chi connectivity index (χ0n) is 17.0. The number of carbonyl (C=O) groups is 1. The van der Waals surface area contributed by atoms with Crippen LogP contribution in [-0.4, -0.2) is 43.0 Å². The molecule has 28 heavy (non-hydrogen) atoms. The van der Waals surface area contributed by atoms with Gasteiger partial charge in [0.1, 0.15) is 0 Å². The van der Waals surface area contributed by atoms with Crippen molar-refractivity contribution in [2.24, 2.45) is 4.99 Å². The van der Waals surface area contributed by atoms with E-state index in [1.54, 1.807) is 11.3 Å². The Morgan fingerprint density at radius 1 is 1.14 bits per heavy atom. The highest BCUT2D eigenvalue weighted by Gasteiger charge is 2.05. The summed E-state index contributed by atoms with van der Waals surface area (Å²) in [6, 6.07) is 7.58. The molecular weight excluding hydrogens is 485 g/mol. The van der Waals surface area contributed by atoms with Gasteiger partial charge in [-0.25, -0.2) is 4.98 Å². The Balaban J connectivity index is 0.00000392. The van der Waals surface area contributed by atoms with E-state index in [4.69, 9.17) is 0 Å². The summed E-state index contributed by atoms with van der Waals surface area (Å²) < 4.78 is 0. The van der Waals surface area contributed by atoms with Crippen molar-refractivity contribution in [3.8, 4) is 0 Å². The summed E-state index contributed by atoms with van der Waals surface area (Å²) in [6.45, 7) is 10.7. The third kappa shape index (κ3) is 8.14. The fraction of sp³-hybridized carbons (Fsp3) is 0.450. The Hall–Kier alpha value is -1.68. The van der Waals surface area contributed by atoms with Crippen molar-refractivity contribution >= 4 is 47.2 Å². The highest BCUT2D eigenvalue weighted by molar-refractivity contribution is 14.0. The molecule has 0 aliphatic rings. The zero-order chi connectivity index (χ0) is 19.6. The van der Waals surface area contributed by atoms with Crippen molar-refractivity contribution in [2.75, 3.05) is 26.2 Å². The first kappa shape index (κ1) is 24.4. The number of nitrogens with one attached hydrogen (secondary N) is 3. The highest BCUT2D eigenvalue weighted by Crippen LogP contribution is 2.16. The second kappa shape index (κ2) is 12.7. The van der Waals surface area contributed by atoms with Crippen LogP contribution in [0.15, 0.2) is 29.3 Å². The molecule has 1 heterocycles. The number of thiazole rings is 1. The van der Waals surface area contributed by atoms with Gasteiger partial charge >= 0.3 is 0 Å². The minimum atomic E-state index is -0.0584. The lowest BCUT2D eigenvalue weighted by molar-refractivity contribution is 0.0954. The molecule has 0 bridgehead atoms. The van der Waals surface area contributed by atoms with Crippen LogP contribution in [0.2, 0.25) is 0 Å². The first-order valence-corrected chi connectivity index (χ1v) is 10.1. The van der Waals surface area contributed by atoms with Crippen molar-refractivity contribution in [3.05, 3.63) is 51.0 Å². The molecule has 0 saturated carbocycles. The minimum absolute atomic E-state index is 0. The first-order chi connectivity index (χ1) is 13.0. The number of aryl methyl sites for hydroxylation is 3. The molecule has 1 aromatic carbocycles. The van der Waals surface area contributed by atoms with E-state index in [-0.39, 0.29) is 29.9 Å². The standard InChI is InChI=1S/C20H29N5OS.HI/c1-5-21-20(23-10-9-18-25-15(3)16(4)27-18)24-12-11-22-19(26)17-8-6-7-14(2)13-17;/h6-8,13H,5,9-12H2,1-4H3,(H,22,26)(H2,21,23,24);1H. The van der Waals surface area contributed by atoms with E-state index in [1.165, 1.54) is 4.88 Å². The van der Waals surface area contributed by atoms with E-state index in [0.717, 1.165) is 35.2 Å². The maximum Gasteiger partial charge on any atom is 0.251 e. The molecule has 8 heteroatoms. The summed E-state index contributed by atoms with van der Waals surface area (Å²) in [5.41, 5.74) is 2.87. The number of benzene rings is 1. The van der Waals surface area contributed by atoms with E-state index < -0.39 is 0 Å². The molecule has 0 spiro atoms. The highest BCUT2D eigenvalue weighted by atomic mass is 127. The Bertz CT molecular complexity index is 771. The molecule has 0 aliphatic carbocycles. The quantitative estimate of drug-likeness (QED) is 0.219. The van der Waals surface area contributed by atoms with Gasteiger partial charge in [0, 0.05) is 43.0 Å². The molecule has 3 N–H and O–H groups in total. The van der Waals surface area contributed by atoms with E-state index in [1.807, 2.05) is 45.0 Å². The molecule has 1 aromatic heterocycles. The summed E-state index contributed by atoms with van der Waals surface area (Å²) in [5.74, 6) is 0.698. The van der Waals surface area contributed by atoms with Gasteiger partial charge in [-0.3, -0.25) is 9.79 Å². The second-order valence-electron chi connectivity index (χ2n) is 6.31. The van der Waals surface area contributed by atoms with Crippen LogP contribution in [-0.2, 0) is 6.42 Å². The number of amides is 1. The topological polar surface area (TPSA) is 78.4 Å². The fourth-order valence-corrected chi connectivity index (χ4v) is 3.42. The van der Waals surface area contributed by atoms with Crippen LogP contribution in [0.1, 0.15) is 38.4 Å². The van der Waals surface area contributed by atoms with Crippen LogP contribution in [0.4, 0.5) is 0 Å². The van der Waals surface area contributed by atoms with Crippen molar-refractivity contribution in [1.82, 2.24) is 20.9 Å². The molecule has 1 amide bonds. The first-order valence-electron chi connectivity index (χ1n) is 9.29. The Labute approximate surface area is 188 Å². The summed E-state index contributed by atoms with van der Waals surface area (Å²) in [5, 5.41) is 10.5. The maximum atomic E-state index is 12.1. The summed E-state index contributed by atoms with van der Waals surface area (Å²) in [7, 11) is 0. The molecule has 0 fully saturated rings. The predicted molar refractivity (Wildman–Crippen MR) is 128 cm³/mol. The van der Waals surface area contributed by atoms with Crippen molar-refractivity contribution in [1.29, 1.82) is 0 Å². The zero-order valence-corrected chi connectivity index (χ0v) is 20.1. The van der Waals surface area contributed by atoms with Gasteiger partial charge in [0.25, 0.3) is 5.91 Å². The van der Waals surface area contributed by atoms with Gasteiger partial charge in [0.15, 0.2) is 5.96 Å². The predicted octanol–water partition coefficient (Wildman–Crippen LogP) is 3.21. The molecule has 2 rings (SSSR count). The van der Waals surface area contributed by atoms with E-state index >= 15 is 0 Å². The van der Waals surface area contributed by atoms with E-state index in [2.05, 4.69) is 32.9 Å². The average molecular weight is 515 g/mol. The number of hydrogen-bond acceptors (Lipinski definition) is 4. The fourth-order valence-electron chi connectivity index (χ4n) is 2.50. The Kier molecular flexibility index (Phi) is 11.1. The summed E-state index contributed by atoms with van der Waals surface area (Å²) >= 11 is 1.73. The largest absolute Gasteiger partial charge is 0.357 e. The number of guanidine groups is 1. The van der Waals surface area contributed by atoms with Crippen LogP contribution in [0, 0.1) is 20.8 Å². The monoisotopic (exact) mass is 515 g/mol. The molecule has 6 nitrogen and oxygen atoms in total. The van der Waals surface area contributed by atoms with Crippen LogP contribution < -0.4 is 16.0 Å². The van der Waals surface area contributed by atoms with Gasteiger partial charge in [0.05, 0.1) is 10.7 Å². The smallest absolute Gasteiger partial charge is 0.251 e. The van der Waals surface area contributed by atoms with Crippen molar-refractivity contribution in [3.63, 3.8) is 0 Å². The number of halogens is 1. The second-order valence-corrected chi connectivity index (χ2v) is 7.60. The SMILES string of the molecule is CCNC(=NCCc1nc(C)c(C)s1)NCCNC(=O)c1cccc(C)c1.I. The van der Waals surface area contributed by atoms with Crippen molar-refractivity contribution in [2.45, 2.75) is 34.1 Å². The number of rotatable bonds is 8. The van der Waals surface area contributed by atoms with Gasteiger partial charge in [-0.15, -0.1) is 35.3 Å². The van der Waals surface area contributed by atoms with Gasteiger partial charge in [-0.05, 0) is 39.8 Å². The number of hydrogen-bond donors (Lipinski definition) is 3. The van der Waals surface area contributed by atoms with Crippen LogP contribution in [0.3, 0.4) is 0 Å². The number of carbonyl (C=O) groups excluding carboxylic acids is 1. The van der Waals surface area contributed by atoms with Gasteiger partial charge in [-0.2, -0.15) is 0 Å². The van der Waals surface area contributed by atoms with Gasteiger partial charge in [-0.1, -0.05) is 17.7 Å². The number of aliphatic imine (C=N–C) groups is 1. The number of aromatic nitrogens is 1. The summed E-state index contributed by atoms with van der Waals surface area (Å²) in [4.78, 5) is 22.5. The van der Waals surface area contributed by atoms with E-state index in [0.29, 0.717) is 25.2 Å². The maximum absolute atomic E-state index is 12.1. The normalized spacial score (nSPS) is 10.9. The molecule has 0 unspecified atom stereocenters. The Morgan fingerprint density at radius 2 is 1.89 bits per heavy atom. The molecular formula is C20H30IN5OS.